The summed E-state index contributed by atoms with van der Waals surface area (Å²) in [6.45, 7) is 2.74. The molecule has 4 aliphatic carbocycles. The number of nitrogens with zero attached hydrogens (tertiary/aromatic N) is 2. The Hall–Kier alpha value is -0.830. The Morgan fingerprint density at radius 3 is 2.32 bits per heavy atom. The van der Waals surface area contributed by atoms with E-state index < -0.39 is 0 Å². The van der Waals surface area contributed by atoms with Gasteiger partial charge in [-0.25, -0.2) is 0 Å². The van der Waals surface area contributed by atoms with Gasteiger partial charge in [0.1, 0.15) is 0 Å². The van der Waals surface area contributed by atoms with Crippen LogP contribution in [0.5, 0.6) is 0 Å². The number of rotatable bonds is 3. The molecule has 0 aromatic carbocycles. The van der Waals surface area contributed by atoms with Gasteiger partial charge in [0.2, 0.25) is 0 Å². The molecule has 3 heteroatoms. The third-order valence-corrected chi connectivity index (χ3v) is 5.91. The zero-order valence-corrected chi connectivity index (χ0v) is 11.8. The molecule has 0 amide bonds. The van der Waals surface area contributed by atoms with Gasteiger partial charge in [-0.3, -0.25) is 4.68 Å². The smallest absolute Gasteiger partial charge is 0.0792 e. The quantitative estimate of drug-likeness (QED) is 0.907. The number of aryl methyl sites for hydroxylation is 1. The number of aromatic nitrogens is 2. The Bertz CT molecular complexity index is 444. The summed E-state index contributed by atoms with van der Waals surface area (Å²) >= 11 is 0. The Labute approximate surface area is 115 Å². The maximum atomic E-state index is 10.8. The van der Waals surface area contributed by atoms with Crippen LogP contribution in [0, 0.1) is 30.1 Å². The van der Waals surface area contributed by atoms with E-state index in [0.29, 0.717) is 6.54 Å². The van der Waals surface area contributed by atoms with Crippen molar-refractivity contribution >= 4 is 0 Å². The zero-order valence-electron chi connectivity index (χ0n) is 11.8. The van der Waals surface area contributed by atoms with Gasteiger partial charge in [0, 0.05) is 6.20 Å². The first-order chi connectivity index (χ1) is 9.13. The molecule has 1 aromatic rings. The molecule has 0 spiro atoms. The minimum absolute atomic E-state index is 0.208. The number of aliphatic hydroxyl groups excluding tert-OH is 1. The average Bonchev–Trinajstić information content (AvgIpc) is 2.73. The van der Waals surface area contributed by atoms with Crippen LogP contribution in [0.3, 0.4) is 0 Å². The van der Waals surface area contributed by atoms with E-state index in [1.54, 1.807) is 0 Å². The van der Waals surface area contributed by atoms with Crippen molar-refractivity contribution in [2.75, 3.05) is 0 Å². The van der Waals surface area contributed by atoms with Gasteiger partial charge in [-0.05, 0) is 74.2 Å². The van der Waals surface area contributed by atoms with Crippen molar-refractivity contribution in [3.63, 3.8) is 0 Å². The molecule has 1 unspecified atom stereocenters. The predicted octanol–water partition coefficient (Wildman–Crippen LogP) is 2.77. The third-order valence-electron chi connectivity index (χ3n) is 5.91. The predicted molar refractivity (Wildman–Crippen MR) is 73.6 cm³/mol. The Balaban J connectivity index is 1.54. The van der Waals surface area contributed by atoms with E-state index in [-0.39, 0.29) is 11.5 Å². The first-order valence-corrected chi connectivity index (χ1v) is 7.80. The molecule has 1 heterocycles. The lowest BCUT2D eigenvalue weighted by atomic mass is 9.48. The highest BCUT2D eigenvalue weighted by Crippen LogP contribution is 2.61. The van der Waals surface area contributed by atoms with Crippen molar-refractivity contribution in [3.8, 4) is 0 Å². The molecule has 1 atom stereocenters. The number of hydrogen-bond acceptors (Lipinski definition) is 2. The van der Waals surface area contributed by atoms with Crippen LogP contribution in [-0.2, 0) is 6.54 Å². The van der Waals surface area contributed by atoms with E-state index in [0.717, 1.165) is 17.8 Å². The summed E-state index contributed by atoms with van der Waals surface area (Å²) in [6.07, 6.45) is 11.8. The third kappa shape index (κ3) is 1.94. The van der Waals surface area contributed by atoms with Gasteiger partial charge >= 0.3 is 0 Å². The molecule has 3 nitrogen and oxygen atoms in total. The fourth-order valence-corrected chi connectivity index (χ4v) is 5.52. The van der Waals surface area contributed by atoms with Crippen LogP contribution in [0.2, 0.25) is 0 Å². The maximum absolute atomic E-state index is 10.8. The lowest BCUT2D eigenvalue weighted by Gasteiger charge is -2.58. The molecule has 4 saturated carbocycles. The van der Waals surface area contributed by atoms with Crippen molar-refractivity contribution in [3.05, 3.63) is 18.0 Å². The molecule has 4 bridgehead atoms. The van der Waals surface area contributed by atoms with Crippen molar-refractivity contribution in [1.29, 1.82) is 0 Å². The lowest BCUT2D eigenvalue weighted by Crippen LogP contribution is -2.52. The van der Waals surface area contributed by atoms with Gasteiger partial charge in [-0.2, -0.15) is 5.10 Å². The van der Waals surface area contributed by atoms with Gasteiger partial charge in [-0.1, -0.05) is 0 Å². The summed E-state index contributed by atoms with van der Waals surface area (Å²) in [4.78, 5) is 0. The first kappa shape index (κ1) is 12.0. The maximum Gasteiger partial charge on any atom is 0.0792 e. The number of hydrogen-bond donors (Lipinski definition) is 1. The van der Waals surface area contributed by atoms with E-state index in [4.69, 9.17) is 0 Å². The lowest BCUT2D eigenvalue weighted by molar-refractivity contribution is -0.125. The highest BCUT2D eigenvalue weighted by Gasteiger charge is 2.53. The molecule has 4 fully saturated rings. The fraction of sp³-hybridized carbons (Fsp3) is 0.812. The minimum atomic E-state index is -0.208. The highest BCUT2D eigenvalue weighted by atomic mass is 16.3. The Kier molecular flexibility index (Phi) is 2.57. The van der Waals surface area contributed by atoms with Crippen LogP contribution in [-0.4, -0.2) is 21.0 Å². The van der Waals surface area contributed by atoms with Crippen LogP contribution < -0.4 is 0 Å². The molecule has 0 radical (unpaired) electrons. The van der Waals surface area contributed by atoms with Crippen molar-refractivity contribution in [1.82, 2.24) is 9.78 Å². The molecule has 4 aliphatic rings. The van der Waals surface area contributed by atoms with Crippen molar-refractivity contribution < 1.29 is 5.11 Å². The molecule has 0 saturated heterocycles. The zero-order chi connectivity index (χ0) is 13.0. The van der Waals surface area contributed by atoms with Gasteiger partial charge in [0.15, 0.2) is 0 Å². The largest absolute Gasteiger partial charge is 0.391 e. The van der Waals surface area contributed by atoms with E-state index in [2.05, 4.69) is 12.0 Å². The Morgan fingerprint density at radius 1 is 1.26 bits per heavy atom. The molecular weight excluding hydrogens is 236 g/mol. The fourth-order valence-electron chi connectivity index (χ4n) is 5.52. The van der Waals surface area contributed by atoms with Gasteiger partial charge in [-0.15, -0.1) is 0 Å². The summed E-state index contributed by atoms with van der Waals surface area (Å²) < 4.78 is 1.93. The molecule has 1 N–H and O–H groups in total. The van der Waals surface area contributed by atoms with Gasteiger partial charge in [0.05, 0.1) is 18.8 Å². The molecule has 0 aliphatic heterocycles. The average molecular weight is 260 g/mol. The van der Waals surface area contributed by atoms with E-state index in [1.807, 2.05) is 17.1 Å². The van der Waals surface area contributed by atoms with Gasteiger partial charge in [0.25, 0.3) is 0 Å². The van der Waals surface area contributed by atoms with Crippen molar-refractivity contribution in [2.24, 2.45) is 23.2 Å². The standard InChI is InChI=1S/C16H24N2O/c1-11-8-17-18(9-11)10-15(19)16-5-12-2-13(6-16)4-14(3-12)7-16/h8-9,12-15,19H,2-7,10H2,1H3. The number of aliphatic hydroxyl groups is 1. The monoisotopic (exact) mass is 260 g/mol. The van der Waals surface area contributed by atoms with Crippen molar-refractivity contribution in [2.45, 2.75) is 58.1 Å². The second-order valence-electron chi connectivity index (χ2n) is 7.54. The van der Waals surface area contributed by atoms with E-state index in [9.17, 15) is 5.11 Å². The first-order valence-electron chi connectivity index (χ1n) is 7.80. The topological polar surface area (TPSA) is 38.0 Å². The minimum Gasteiger partial charge on any atom is -0.391 e. The molecular formula is C16H24N2O. The molecule has 19 heavy (non-hydrogen) atoms. The van der Waals surface area contributed by atoms with Crippen LogP contribution >= 0.6 is 0 Å². The summed E-state index contributed by atoms with van der Waals surface area (Å²) in [7, 11) is 0. The summed E-state index contributed by atoms with van der Waals surface area (Å²) in [5.74, 6) is 2.71. The highest BCUT2D eigenvalue weighted by molar-refractivity contribution is 5.05. The normalized spacial score (nSPS) is 41.7. The van der Waals surface area contributed by atoms with E-state index in [1.165, 1.54) is 44.1 Å². The summed E-state index contributed by atoms with van der Waals surface area (Å²) in [6, 6.07) is 0. The summed E-state index contributed by atoms with van der Waals surface area (Å²) in [5, 5.41) is 15.2. The van der Waals surface area contributed by atoms with Crippen LogP contribution in [0.15, 0.2) is 12.4 Å². The van der Waals surface area contributed by atoms with Crippen LogP contribution in [0.4, 0.5) is 0 Å². The molecule has 104 valence electrons. The molecule has 1 aromatic heterocycles. The van der Waals surface area contributed by atoms with E-state index >= 15 is 0 Å². The summed E-state index contributed by atoms with van der Waals surface area (Å²) in [5.41, 5.74) is 1.40. The van der Waals surface area contributed by atoms with Gasteiger partial charge < -0.3 is 5.11 Å². The second-order valence-corrected chi connectivity index (χ2v) is 7.54. The van der Waals surface area contributed by atoms with Crippen LogP contribution in [0.1, 0.15) is 44.1 Å². The van der Waals surface area contributed by atoms with Crippen LogP contribution in [0.25, 0.3) is 0 Å². The second kappa shape index (κ2) is 4.08. The Morgan fingerprint density at radius 2 is 1.84 bits per heavy atom. The SMILES string of the molecule is Cc1cnn(CC(O)C23CC4CC(CC(C4)C2)C3)c1. The molecule has 5 rings (SSSR count).